The fourth-order valence-corrected chi connectivity index (χ4v) is 7.17. The van der Waals surface area contributed by atoms with Gasteiger partial charge in [0.25, 0.3) is 0 Å². The first-order valence-corrected chi connectivity index (χ1v) is 14.8. The van der Waals surface area contributed by atoms with Crippen LogP contribution in [-0.4, -0.2) is 54.7 Å². The molecule has 0 atom stereocenters. The van der Waals surface area contributed by atoms with Gasteiger partial charge in [0.15, 0.2) is 29.6 Å². The van der Waals surface area contributed by atoms with Crippen molar-refractivity contribution >= 4 is 16.2 Å². The van der Waals surface area contributed by atoms with E-state index >= 15 is 0 Å². The van der Waals surface area contributed by atoms with Crippen LogP contribution in [0.15, 0.2) is 30.3 Å². The van der Waals surface area contributed by atoms with Crippen molar-refractivity contribution in [1.29, 1.82) is 0 Å². The summed E-state index contributed by atoms with van der Waals surface area (Å²) in [7, 11) is -3.31. The lowest BCUT2D eigenvalue weighted by atomic mass is 9.99. The van der Waals surface area contributed by atoms with Crippen LogP contribution in [-0.2, 0) is 10.0 Å². The van der Waals surface area contributed by atoms with Crippen molar-refractivity contribution in [2.24, 2.45) is 5.92 Å². The van der Waals surface area contributed by atoms with Gasteiger partial charge in [0.1, 0.15) is 5.82 Å². The van der Waals surface area contributed by atoms with Gasteiger partial charge >= 0.3 is 0 Å². The van der Waals surface area contributed by atoms with E-state index in [1.807, 2.05) is 0 Å². The number of nitrogens with zero attached hydrogens (tertiary/aromatic N) is 2. The zero-order valence-electron chi connectivity index (χ0n) is 21.8. The second-order valence-corrected chi connectivity index (χ2v) is 12.8. The molecule has 0 amide bonds. The van der Waals surface area contributed by atoms with Crippen LogP contribution in [0.25, 0.3) is 11.1 Å². The smallest absolute Gasteiger partial charge is 0.216 e. The van der Waals surface area contributed by atoms with Crippen molar-refractivity contribution in [3.8, 4) is 16.9 Å². The first-order valence-electron chi connectivity index (χ1n) is 13.3. The Labute approximate surface area is 222 Å². The molecule has 1 saturated carbocycles. The molecule has 10 heteroatoms. The van der Waals surface area contributed by atoms with Gasteiger partial charge in [-0.2, -0.15) is 0 Å². The lowest BCUT2D eigenvalue weighted by molar-refractivity contribution is -0.487. The van der Waals surface area contributed by atoms with Gasteiger partial charge in [-0.3, -0.25) is 0 Å². The van der Waals surface area contributed by atoms with Crippen LogP contribution in [0.5, 0.6) is 5.75 Å². The van der Waals surface area contributed by atoms with Gasteiger partial charge in [0.2, 0.25) is 10.0 Å². The average Bonchev–Trinajstić information content (AvgIpc) is 2.89. The van der Waals surface area contributed by atoms with E-state index in [2.05, 4.69) is 0 Å². The molecule has 0 spiro atoms. The minimum absolute atomic E-state index is 0.0000398. The standard InChI is InChI=1S/C28H35F3N2O4S/c1-19(2)33(34)17-21-8-9-24(25(29)14-21)22-15-26(30)28(27(31)16-22)37-18-20-10-12-32(13-11-20)38(35,36)23-6-4-3-5-7-23/h8-9,14-17,19-20,23H,3-7,10-13,18H2,1-2H3/b33-17-. The van der Waals surface area contributed by atoms with Gasteiger partial charge < -0.3 is 9.94 Å². The minimum Gasteiger partial charge on any atom is -0.624 e. The van der Waals surface area contributed by atoms with E-state index in [-0.39, 0.29) is 34.9 Å². The Morgan fingerprint density at radius 3 is 2.21 bits per heavy atom. The summed E-state index contributed by atoms with van der Waals surface area (Å²) >= 11 is 0. The van der Waals surface area contributed by atoms with Crippen LogP contribution in [0.2, 0.25) is 0 Å². The zero-order chi connectivity index (χ0) is 27.4. The van der Waals surface area contributed by atoms with Crippen molar-refractivity contribution in [3.05, 3.63) is 58.6 Å². The molecule has 0 radical (unpaired) electrons. The summed E-state index contributed by atoms with van der Waals surface area (Å²) < 4.78 is 78.0. The van der Waals surface area contributed by atoms with Crippen molar-refractivity contribution in [2.75, 3.05) is 19.7 Å². The normalized spacial score (nSPS) is 18.7. The summed E-state index contributed by atoms with van der Waals surface area (Å²) in [6, 6.07) is 5.76. The molecule has 2 aliphatic rings. The largest absolute Gasteiger partial charge is 0.624 e. The molecule has 1 aliphatic heterocycles. The Balaban J connectivity index is 1.38. The SMILES string of the molecule is CC(C)/[N+]([O-])=C/c1ccc(-c2cc(F)c(OCC3CCN(S(=O)(=O)C4CCCCC4)CC3)c(F)c2)c(F)c1. The molecule has 6 nitrogen and oxygen atoms in total. The molecule has 1 heterocycles. The molecule has 2 fully saturated rings. The van der Waals surface area contributed by atoms with Gasteiger partial charge in [-0.1, -0.05) is 25.3 Å². The molecule has 0 aromatic heterocycles. The number of piperidine rings is 1. The fraction of sp³-hybridized carbons (Fsp3) is 0.536. The maximum atomic E-state index is 14.8. The topological polar surface area (TPSA) is 72.7 Å². The Kier molecular flexibility index (Phi) is 9.03. The third-order valence-electron chi connectivity index (χ3n) is 7.46. The Hall–Kier alpha value is -2.59. The number of hydrogen-bond acceptors (Lipinski definition) is 4. The van der Waals surface area contributed by atoms with Gasteiger partial charge in [0, 0.05) is 24.2 Å². The molecule has 0 bridgehead atoms. The maximum Gasteiger partial charge on any atom is 0.216 e. The third-order valence-corrected chi connectivity index (χ3v) is 9.86. The quantitative estimate of drug-likeness (QED) is 0.178. The molecular formula is C28H35F3N2O4S. The second-order valence-electron chi connectivity index (χ2n) is 10.5. The minimum atomic E-state index is -3.31. The number of sulfonamides is 1. The highest BCUT2D eigenvalue weighted by molar-refractivity contribution is 7.89. The average molecular weight is 553 g/mol. The summed E-state index contributed by atoms with van der Waals surface area (Å²) in [5.74, 6) is -3.16. The predicted molar refractivity (Wildman–Crippen MR) is 141 cm³/mol. The van der Waals surface area contributed by atoms with E-state index in [0.717, 1.165) is 37.5 Å². The van der Waals surface area contributed by atoms with E-state index in [1.165, 1.54) is 18.3 Å². The molecule has 38 heavy (non-hydrogen) atoms. The summed E-state index contributed by atoms with van der Waals surface area (Å²) in [6.45, 7) is 4.23. The van der Waals surface area contributed by atoms with Crippen LogP contribution < -0.4 is 4.74 Å². The number of benzene rings is 2. The Morgan fingerprint density at radius 2 is 1.63 bits per heavy atom. The maximum absolute atomic E-state index is 14.8. The first-order chi connectivity index (χ1) is 18.1. The van der Waals surface area contributed by atoms with Crippen molar-refractivity contribution in [3.63, 3.8) is 0 Å². The molecule has 1 saturated heterocycles. The highest BCUT2D eigenvalue weighted by Gasteiger charge is 2.35. The number of halogens is 3. The summed E-state index contributed by atoms with van der Waals surface area (Å²) in [5.41, 5.74) is 0.356. The molecule has 0 N–H and O–H groups in total. The molecule has 4 rings (SSSR count). The van der Waals surface area contributed by atoms with E-state index in [0.29, 0.717) is 49.1 Å². The van der Waals surface area contributed by atoms with Crippen molar-refractivity contribution in [1.82, 2.24) is 4.31 Å². The number of hydroxylamine groups is 1. The summed E-state index contributed by atoms with van der Waals surface area (Å²) in [4.78, 5) is 0. The van der Waals surface area contributed by atoms with Crippen LogP contribution in [0.4, 0.5) is 13.2 Å². The van der Waals surface area contributed by atoms with Gasteiger partial charge in [-0.25, -0.2) is 30.6 Å². The second kappa shape index (κ2) is 12.1. The lowest BCUT2D eigenvalue weighted by Crippen LogP contribution is -2.44. The van der Waals surface area contributed by atoms with Crippen LogP contribution in [0.3, 0.4) is 0 Å². The van der Waals surface area contributed by atoms with E-state index in [9.17, 15) is 26.8 Å². The fourth-order valence-electron chi connectivity index (χ4n) is 5.10. The first kappa shape index (κ1) is 28.4. The third kappa shape index (κ3) is 6.51. The molecule has 208 valence electrons. The highest BCUT2D eigenvalue weighted by Crippen LogP contribution is 2.33. The van der Waals surface area contributed by atoms with Crippen molar-refractivity contribution in [2.45, 2.75) is 70.1 Å². The molecule has 0 unspecified atom stereocenters. The van der Waals surface area contributed by atoms with Crippen molar-refractivity contribution < 1.29 is 31.1 Å². The van der Waals surface area contributed by atoms with Crippen LogP contribution in [0, 0.1) is 28.6 Å². The Morgan fingerprint density at radius 1 is 1.00 bits per heavy atom. The molecular weight excluding hydrogens is 517 g/mol. The number of hydrogen-bond donors (Lipinski definition) is 0. The zero-order valence-corrected chi connectivity index (χ0v) is 22.7. The van der Waals surface area contributed by atoms with E-state index in [4.69, 9.17) is 4.74 Å². The number of rotatable bonds is 8. The van der Waals surface area contributed by atoms with E-state index in [1.54, 1.807) is 18.2 Å². The van der Waals surface area contributed by atoms with Crippen LogP contribution in [0.1, 0.15) is 64.4 Å². The van der Waals surface area contributed by atoms with Crippen LogP contribution >= 0.6 is 0 Å². The van der Waals surface area contributed by atoms with Gasteiger partial charge in [-0.05, 0) is 75.3 Å². The summed E-state index contributed by atoms with van der Waals surface area (Å²) in [5, 5.41) is 11.5. The molecule has 2 aromatic carbocycles. The molecule has 1 aliphatic carbocycles. The van der Waals surface area contributed by atoms with Gasteiger partial charge in [-0.15, -0.1) is 0 Å². The van der Waals surface area contributed by atoms with Gasteiger partial charge in [0.05, 0.1) is 11.9 Å². The Bertz CT molecular complexity index is 1250. The highest BCUT2D eigenvalue weighted by atomic mass is 32.2. The monoisotopic (exact) mass is 552 g/mol. The summed E-state index contributed by atoms with van der Waals surface area (Å²) in [6.07, 6.45) is 6.76. The number of ether oxygens (including phenoxy) is 1. The predicted octanol–water partition coefficient (Wildman–Crippen LogP) is 5.86. The lowest BCUT2D eigenvalue weighted by Gasteiger charge is -2.34. The van der Waals surface area contributed by atoms with E-state index < -0.39 is 33.2 Å². The molecule has 2 aromatic rings.